The number of rotatable bonds is 5. The van der Waals surface area contributed by atoms with Crippen LogP contribution in [0.2, 0.25) is 0 Å². The third-order valence-electron chi connectivity index (χ3n) is 7.17. The minimum atomic E-state index is -0.882. The first-order valence-corrected chi connectivity index (χ1v) is 10.8. The van der Waals surface area contributed by atoms with Gasteiger partial charge in [-0.1, -0.05) is 19.3 Å². The molecule has 1 aliphatic carbocycles. The van der Waals surface area contributed by atoms with Crippen molar-refractivity contribution in [1.82, 2.24) is 20.4 Å². The highest BCUT2D eigenvalue weighted by Crippen LogP contribution is 2.44. The largest absolute Gasteiger partial charge is 0.390 e. The molecule has 0 aromatic heterocycles. The van der Waals surface area contributed by atoms with E-state index in [1.165, 1.54) is 24.2 Å². The Bertz CT molecular complexity index is 595. The molecule has 7 nitrogen and oxygen atoms in total. The van der Waals surface area contributed by atoms with Crippen molar-refractivity contribution in [1.29, 1.82) is 0 Å². The van der Waals surface area contributed by atoms with Gasteiger partial charge in [0, 0.05) is 23.7 Å². The van der Waals surface area contributed by atoms with Crippen LogP contribution in [0, 0.1) is 0 Å². The molecule has 28 heavy (non-hydrogen) atoms. The molecular formula is C21H38N4O3. The maximum absolute atomic E-state index is 13.3. The molecule has 1 atom stereocenters. The molecule has 1 saturated carbocycles. The third kappa shape index (κ3) is 4.07. The van der Waals surface area contributed by atoms with Gasteiger partial charge in [0.2, 0.25) is 0 Å². The molecular weight excluding hydrogens is 356 g/mol. The first kappa shape index (κ1) is 21.5. The summed E-state index contributed by atoms with van der Waals surface area (Å²) < 4.78 is 0. The molecule has 0 radical (unpaired) electrons. The minimum absolute atomic E-state index is 0.0445. The second-order valence-electron chi connectivity index (χ2n) is 10.4. The Morgan fingerprint density at radius 3 is 2.25 bits per heavy atom. The van der Waals surface area contributed by atoms with E-state index in [1.54, 1.807) is 0 Å². The third-order valence-corrected chi connectivity index (χ3v) is 7.17. The van der Waals surface area contributed by atoms with Gasteiger partial charge in [-0.25, -0.2) is 4.79 Å². The monoisotopic (exact) mass is 394 g/mol. The van der Waals surface area contributed by atoms with E-state index in [0.29, 0.717) is 25.4 Å². The summed E-state index contributed by atoms with van der Waals surface area (Å²) in [5.41, 5.74) is -1.32. The van der Waals surface area contributed by atoms with Crippen LogP contribution in [0.5, 0.6) is 0 Å². The van der Waals surface area contributed by atoms with Crippen LogP contribution in [-0.2, 0) is 4.79 Å². The van der Waals surface area contributed by atoms with E-state index in [2.05, 4.69) is 50.3 Å². The number of carbonyl (C=O) groups is 2. The Balaban J connectivity index is 1.64. The number of aliphatic hydroxyl groups excluding tert-OH is 1. The molecule has 2 aliphatic heterocycles. The van der Waals surface area contributed by atoms with Crippen LogP contribution in [0.4, 0.5) is 4.79 Å². The average molecular weight is 395 g/mol. The van der Waals surface area contributed by atoms with E-state index in [0.717, 1.165) is 12.8 Å². The molecule has 1 unspecified atom stereocenters. The van der Waals surface area contributed by atoms with E-state index in [-0.39, 0.29) is 29.6 Å². The van der Waals surface area contributed by atoms with Gasteiger partial charge in [0.15, 0.2) is 0 Å². The first-order chi connectivity index (χ1) is 13.0. The molecule has 7 heteroatoms. The Hall–Kier alpha value is -1.18. The van der Waals surface area contributed by atoms with Crippen molar-refractivity contribution in [2.45, 2.75) is 101 Å². The summed E-state index contributed by atoms with van der Waals surface area (Å²) in [5.74, 6) is -0.191. The standard InChI is InChI=1S/C21H38N4O3/c1-19(2)13-21(14-20(3,4)24(19)5)17(27)25(18(28)23-21)12-16(26)11-22-15-9-7-6-8-10-15/h15-16,22,26H,6-14H2,1-5H3,(H,23,28). The van der Waals surface area contributed by atoms with Gasteiger partial charge in [-0.15, -0.1) is 0 Å². The Morgan fingerprint density at radius 2 is 1.68 bits per heavy atom. The Kier molecular flexibility index (Phi) is 5.82. The molecule has 1 spiro atoms. The van der Waals surface area contributed by atoms with Crippen LogP contribution in [0.1, 0.15) is 72.6 Å². The van der Waals surface area contributed by atoms with Gasteiger partial charge >= 0.3 is 6.03 Å². The summed E-state index contributed by atoms with van der Waals surface area (Å²) in [4.78, 5) is 29.5. The van der Waals surface area contributed by atoms with Crippen LogP contribution in [0.25, 0.3) is 0 Å². The minimum Gasteiger partial charge on any atom is -0.390 e. The van der Waals surface area contributed by atoms with Gasteiger partial charge < -0.3 is 15.7 Å². The molecule has 0 aromatic carbocycles. The molecule has 3 amide bonds. The van der Waals surface area contributed by atoms with Crippen molar-refractivity contribution in [3.63, 3.8) is 0 Å². The zero-order valence-electron chi connectivity index (χ0n) is 18.2. The van der Waals surface area contributed by atoms with Crippen molar-refractivity contribution in [2.75, 3.05) is 20.1 Å². The van der Waals surface area contributed by atoms with E-state index >= 15 is 0 Å². The number of piperidine rings is 1. The molecule has 3 N–H and O–H groups in total. The lowest BCUT2D eigenvalue weighted by Gasteiger charge is -2.56. The smallest absolute Gasteiger partial charge is 0.325 e. The normalized spacial score (nSPS) is 28.6. The highest BCUT2D eigenvalue weighted by atomic mass is 16.3. The van der Waals surface area contributed by atoms with Gasteiger partial charge in [-0.2, -0.15) is 0 Å². The van der Waals surface area contributed by atoms with Crippen molar-refractivity contribution < 1.29 is 14.7 Å². The van der Waals surface area contributed by atoms with Gasteiger partial charge in [0.1, 0.15) is 5.54 Å². The fraction of sp³-hybridized carbons (Fsp3) is 0.905. The fourth-order valence-corrected chi connectivity index (χ4v) is 5.56. The number of carbonyl (C=O) groups excluding carboxylic acids is 2. The number of imide groups is 1. The van der Waals surface area contributed by atoms with E-state index in [9.17, 15) is 14.7 Å². The van der Waals surface area contributed by atoms with Gasteiger partial charge in [-0.05, 0) is 60.4 Å². The number of urea groups is 1. The molecule has 0 bridgehead atoms. The molecule has 0 aromatic rings. The Morgan fingerprint density at radius 1 is 1.11 bits per heavy atom. The average Bonchev–Trinajstić information content (AvgIpc) is 2.82. The number of likely N-dealkylation sites (tertiary alicyclic amines) is 1. The number of nitrogens with one attached hydrogen (secondary N) is 2. The van der Waals surface area contributed by atoms with E-state index < -0.39 is 11.6 Å². The van der Waals surface area contributed by atoms with Crippen LogP contribution in [0.3, 0.4) is 0 Å². The number of hydrogen-bond acceptors (Lipinski definition) is 5. The van der Waals surface area contributed by atoms with Crippen LogP contribution in [0.15, 0.2) is 0 Å². The topological polar surface area (TPSA) is 84.9 Å². The zero-order chi connectivity index (χ0) is 20.7. The van der Waals surface area contributed by atoms with Crippen LogP contribution >= 0.6 is 0 Å². The number of amides is 3. The van der Waals surface area contributed by atoms with Crippen molar-refractivity contribution in [2.24, 2.45) is 0 Å². The van der Waals surface area contributed by atoms with Crippen LogP contribution < -0.4 is 10.6 Å². The second kappa shape index (κ2) is 7.58. The van der Waals surface area contributed by atoms with Gasteiger partial charge in [0.05, 0.1) is 12.6 Å². The number of hydrogen-bond donors (Lipinski definition) is 3. The summed E-state index contributed by atoms with van der Waals surface area (Å²) >= 11 is 0. The maximum Gasteiger partial charge on any atom is 0.325 e. The quantitative estimate of drug-likeness (QED) is 0.620. The predicted molar refractivity (Wildman–Crippen MR) is 109 cm³/mol. The van der Waals surface area contributed by atoms with Gasteiger partial charge in [0.25, 0.3) is 5.91 Å². The van der Waals surface area contributed by atoms with Crippen molar-refractivity contribution in [3.8, 4) is 0 Å². The molecule has 3 rings (SSSR count). The number of β-amino-alcohol motifs (C(OH)–C–C–N with tert-alkyl or cyclic N) is 1. The van der Waals surface area contributed by atoms with E-state index in [4.69, 9.17) is 0 Å². The maximum atomic E-state index is 13.3. The first-order valence-electron chi connectivity index (χ1n) is 10.8. The molecule has 2 heterocycles. The van der Waals surface area contributed by atoms with Crippen molar-refractivity contribution in [3.05, 3.63) is 0 Å². The SMILES string of the molecule is CN1C(C)(C)CC2(CC1(C)C)NC(=O)N(CC(O)CNC1CCCCC1)C2=O. The molecule has 160 valence electrons. The molecule has 3 aliphatic rings. The second-order valence-corrected chi connectivity index (χ2v) is 10.4. The van der Waals surface area contributed by atoms with E-state index in [1.807, 2.05) is 0 Å². The Labute approximate surface area is 169 Å². The molecule has 2 saturated heterocycles. The highest BCUT2D eigenvalue weighted by Gasteiger charge is 2.60. The fourth-order valence-electron chi connectivity index (χ4n) is 5.56. The lowest BCUT2D eigenvalue weighted by molar-refractivity contribution is -0.140. The summed E-state index contributed by atoms with van der Waals surface area (Å²) in [6.07, 6.45) is 6.39. The van der Waals surface area contributed by atoms with Crippen molar-refractivity contribution >= 4 is 11.9 Å². The van der Waals surface area contributed by atoms with Gasteiger partial charge in [-0.3, -0.25) is 14.6 Å². The lowest BCUT2D eigenvalue weighted by Crippen LogP contribution is -2.68. The lowest BCUT2D eigenvalue weighted by atomic mass is 9.69. The predicted octanol–water partition coefficient (Wildman–Crippen LogP) is 1.84. The van der Waals surface area contributed by atoms with Crippen LogP contribution in [-0.4, -0.2) is 75.7 Å². The summed E-state index contributed by atoms with van der Waals surface area (Å²) in [5, 5.41) is 16.9. The zero-order valence-corrected chi connectivity index (χ0v) is 18.2. The number of nitrogens with zero attached hydrogens (tertiary/aromatic N) is 2. The molecule has 3 fully saturated rings. The summed E-state index contributed by atoms with van der Waals surface area (Å²) in [7, 11) is 2.08. The summed E-state index contributed by atoms with van der Waals surface area (Å²) in [6.45, 7) is 8.90. The highest BCUT2D eigenvalue weighted by molar-refractivity contribution is 6.07. The number of aliphatic hydroxyl groups is 1. The summed E-state index contributed by atoms with van der Waals surface area (Å²) in [6, 6.07) is 0.0613.